The molecule has 104 valence electrons. The van der Waals surface area contributed by atoms with Gasteiger partial charge in [-0.05, 0) is 30.0 Å². The summed E-state index contributed by atoms with van der Waals surface area (Å²) in [6, 6.07) is 6.04. The highest BCUT2D eigenvalue weighted by atomic mass is 16.2. The largest absolute Gasteiger partial charge is 0.398 e. The first-order valence-corrected chi connectivity index (χ1v) is 7.36. The molecule has 1 aromatic carbocycles. The van der Waals surface area contributed by atoms with Crippen molar-refractivity contribution in [2.75, 3.05) is 12.3 Å². The third-order valence-corrected chi connectivity index (χ3v) is 3.91. The maximum Gasteiger partial charge on any atom is 0.222 e. The van der Waals surface area contributed by atoms with Crippen molar-refractivity contribution in [3.63, 3.8) is 0 Å². The van der Waals surface area contributed by atoms with E-state index in [1.807, 2.05) is 17.0 Å². The van der Waals surface area contributed by atoms with Crippen molar-refractivity contribution in [3.05, 3.63) is 29.3 Å². The van der Waals surface area contributed by atoms with Crippen LogP contribution in [0.3, 0.4) is 0 Å². The molecule has 0 radical (unpaired) electrons. The van der Waals surface area contributed by atoms with Gasteiger partial charge in [0.15, 0.2) is 0 Å². The van der Waals surface area contributed by atoms with Gasteiger partial charge in [-0.2, -0.15) is 0 Å². The molecule has 1 aliphatic rings. The minimum absolute atomic E-state index is 0.282. The van der Waals surface area contributed by atoms with Gasteiger partial charge >= 0.3 is 0 Å². The average molecular weight is 260 g/mol. The second-order valence-corrected chi connectivity index (χ2v) is 5.36. The summed E-state index contributed by atoms with van der Waals surface area (Å²) in [7, 11) is 0. The molecule has 2 rings (SSSR count). The number of fused-ring (bicyclic) bond motifs is 1. The van der Waals surface area contributed by atoms with Gasteiger partial charge in [0.25, 0.3) is 0 Å². The Morgan fingerprint density at radius 2 is 2.16 bits per heavy atom. The molecule has 1 amide bonds. The summed E-state index contributed by atoms with van der Waals surface area (Å²) in [5, 5.41) is 0. The number of hydrogen-bond donors (Lipinski definition) is 1. The zero-order chi connectivity index (χ0) is 13.7. The number of benzene rings is 1. The fourth-order valence-electron chi connectivity index (χ4n) is 2.68. The molecule has 1 aromatic rings. The predicted molar refractivity (Wildman–Crippen MR) is 78.7 cm³/mol. The van der Waals surface area contributed by atoms with Gasteiger partial charge in [-0.25, -0.2) is 0 Å². The maximum atomic E-state index is 12.2. The number of carbonyl (C=O) groups is 1. The fraction of sp³-hybridized carbons (Fsp3) is 0.562. The van der Waals surface area contributed by atoms with Crippen molar-refractivity contribution in [1.82, 2.24) is 4.90 Å². The number of hydrogen-bond acceptors (Lipinski definition) is 2. The lowest BCUT2D eigenvalue weighted by Gasteiger charge is -2.29. The molecule has 3 nitrogen and oxygen atoms in total. The van der Waals surface area contributed by atoms with E-state index in [0.29, 0.717) is 13.0 Å². The van der Waals surface area contributed by atoms with Gasteiger partial charge in [0.2, 0.25) is 5.91 Å². The zero-order valence-electron chi connectivity index (χ0n) is 11.8. The number of nitrogens with two attached hydrogens (primary N) is 1. The quantitative estimate of drug-likeness (QED) is 0.653. The van der Waals surface area contributed by atoms with Crippen molar-refractivity contribution < 1.29 is 4.79 Å². The molecule has 3 heteroatoms. The molecule has 0 saturated carbocycles. The van der Waals surface area contributed by atoms with Crippen molar-refractivity contribution in [1.29, 1.82) is 0 Å². The molecule has 0 bridgehead atoms. The van der Waals surface area contributed by atoms with Crippen molar-refractivity contribution in [2.24, 2.45) is 0 Å². The normalized spacial score (nSPS) is 14.3. The van der Waals surface area contributed by atoms with Gasteiger partial charge in [-0.3, -0.25) is 4.79 Å². The summed E-state index contributed by atoms with van der Waals surface area (Å²) in [5.74, 6) is 0.282. The number of nitrogens with zero attached hydrogens (tertiary/aromatic N) is 1. The van der Waals surface area contributed by atoms with Crippen LogP contribution in [-0.2, 0) is 17.8 Å². The van der Waals surface area contributed by atoms with E-state index in [0.717, 1.165) is 37.1 Å². The first-order valence-electron chi connectivity index (χ1n) is 7.36. The van der Waals surface area contributed by atoms with E-state index in [9.17, 15) is 4.79 Å². The number of amides is 1. The summed E-state index contributed by atoms with van der Waals surface area (Å²) in [5.41, 5.74) is 9.28. The molecule has 0 aliphatic carbocycles. The zero-order valence-corrected chi connectivity index (χ0v) is 11.8. The van der Waals surface area contributed by atoms with Crippen molar-refractivity contribution >= 4 is 11.6 Å². The highest BCUT2D eigenvalue weighted by Gasteiger charge is 2.21. The van der Waals surface area contributed by atoms with Crippen LogP contribution in [0.5, 0.6) is 0 Å². The summed E-state index contributed by atoms with van der Waals surface area (Å²) < 4.78 is 0. The standard InChI is InChI=1S/C16H24N2O/c1-2-3-4-5-9-16(19)18-11-10-13-7-6-8-15(17)14(13)12-18/h6-8H,2-5,9-12,17H2,1H3. The third kappa shape index (κ3) is 3.49. The number of anilines is 1. The van der Waals surface area contributed by atoms with Crippen LogP contribution in [0, 0.1) is 0 Å². The Morgan fingerprint density at radius 1 is 1.32 bits per heavy atom. The number of nitrogen functional groups attached to an aromatic ring is 1. The molecule has 1 aliphatic heterocycles. The third-order valence-electron chi connectivity index (χ3n) is 3.91. The van der Waals surface area contributed by atoms with Gasteiger partial charge in [0, 0.05) is 25.2 Å². The van der Waals surface area contributed by atoms with Crippen LogP contribution in [0.25, 0.3) is 0 Å². The molecular formula is C16H24N2O. The summed E-state index contributed by atoms with van der Waals surface area (Å²) in [6.07, 6.45) is 6.23. The van der Waals surface area contributed by atoms with Gasteiger partial charge in [0.1, 0.15) is 0 Å². The second kappa shape index (κ2) is 6.60. The van der Waals surface area contributed by atoms with Gasteiger partial charge < -0.3 is 10.6 Å². The van der Waals surface area contributed by atoms with E-state index in [1.165, 1.54) is 18.4 Å². The monoisotopic (exact) mass is 260 g/mol. The Labute approximate surface area is 115 Å². The van der Waals surface area contributed by atoms with Crippen LogP contribution in [0.1, 0.15) is 50.2 Å². The molecule has 2 N–H and O–H groups in total. The van der Waals surface area contributed by atoms with Gasteiger partial charge in [-0.1, -0.05) is 38.3 Å². The number of unbranched alkanes of at least 4 members (excludes halogenated alkanes) is 3. The lowest BCUT2D eigenvalue weighted by Crippen LogP contribution is -2.36. The minimum atomic E-state index is 0.282. The molecule has 0 unspecified atom stereocenters. The van der Waals surface area contributed by atoms with E-state index in [4.69, 9.17) is 5.73 Å². The Balaban J connectivity index is 1.90. The van der Waals surface area contributed by atoms with Crippen LogP contribution in [-0.4, -0.2) is 17.4 Å². The van der Waals surface area contributed by atoms with Crippen LogP contribution >= 0.6 is 0 Å². The Hall–Kier alpha value is -1.51. The summed E-state index contributed by atoms with van der Waals surface area (Å²) >= 11 is 0. The molecule has 1 heterocycles. The average Bonchev–Trinajstić information content (AvgIpc) is 2.43. The highest BCUT2D eigenvalue weighted by molar-refractivity contribution is 5.76. The topological polar surface area (TPSA) is 46.3 Å². The smallest absolute Gasteiger partial charge is 0.222 e. The molecule has 0 atom stereocenters. The van der Waals surface area contributed by atoms with Gasteiger partial charge in [0.05, 0.1) is 0 Å². The SMILES string of the molecule is CCCCCCC(=O)N1CCc2cccc(N)c2C1. The van der Waals surface area contributed by atoms with Crippen molar-refractivity contribution in [2.45, 2.75) is 52.0 Å². The molecule has 0 spiro atoms. The predicted octanol–water partition coefficient (Wildman–Crippen LogP) is 3.12. The highest BCUT2D eigenvalue weighted by Crippen LogP contribution is 2.24. The number of rotatable bonds is 5. The molecule has 0 saturated heterocycles. The maximum absolute atomic E-state index is 12.2. The molecule has 0 aromatic heterocycles. The van der Waals surface area contributed by atoms with Crippen molar-refractivity contribution in [3.8, 4) is 0 Å². The van der Waals surface area contributed by atoms with E-state index in [1.54, 1.807) is 0 Å². The molecular weight excluding hydrogens is 236 g/mol. The number of carbonyl (C=O) groups excluding carboxylic acids is 1. The molecule has 19 heavy (non-hydrogen) atoms. The fourth-order valence-corrected chi connectivity index (χ4v) is 2.68. The lowest BCUT2D eigenvalue weighted by atomic mass is 9.98. The second-order valence-electron chi connectivity index (χ2n) is 5.36. The van der Waals surface area contributed by atoms with E-state index in [2.05, 4.69) is 13.0 Å². The van der Waals surface area contributed by atoms with Crippen LogP contribution in [0.15, 0.2) is 18.2 Å². The summed E-state index contributed by atoms with van der Waals surface area (Å²) in [6.45, 7) is 3.71. The first kappa shape index (κ1) is 13.9. The summed E-state index contributed by atoms with van der Waals surface area (Å²) in [4.78, 5) is 14.1. The Morgan fingerprint density at radius 3 is 2.95 bits per heavy atom. The van der Waals surface area contributed by atoms with Crippen LogP contribution in [0.2, 0.25) is 0 Å². The van der Waals surface area contributed by atoms with E-state index < -0.39 is 0 Å². The Kier molecular flexibility index (Phi) is 4.83. The van der Waals surface area contributed by atoms with E-state index >= 15 is 0 Å². The van der Waals surface area contributed by atoms with Crippen LogP contribution in [0.4, 0.5) is 5.69 Å². The lowest BCUT2D eigenvalue weighted by molar-refractivity contribution is -0.132. The van der Waals surface area contributed by atoms with E-state index in [-0.39, 0.29) is 5.91 Å². The molecule has 0 fully saturated rings. The minimum Gasteiger partial charge on any atom is -0.398 e. The first-order chi connectivity index (χ1) is 9.22. The Bertz CT molecular complexity index is 442. The van der Waals surface area contributed by atoms with Crippen LogP contribution < -0.4 is 5.73 Å². The van der Waals surface area contributed by atoms with Gasteiger partial charge in [-0.15, -0.1) is 0 Å².